The van der Waals surface area contributed by atoms with Gasteiger partial charge in [-0.05, 0) is 0 Å². The average Bonchev–Trinajstić information content (AvgIpc) is 1.25. The van der Waals surface area contributed by atoms with E-state index in [9.17, 15) is 0 Å². The normalized spacial score (nSPS) is 5.39. The minimum Gasteiger partial charge on any atom is -0.784 e. The number of rotatable bonds is 0. The average molecular weight is 356 g/mol. The van der Waals surface area contributed by atoms with Crippen LogP contribution in [-0.4, -0.2) is 65.0 Å². The summed E-state index contributed by atoms with van der Waals surface area (Å²) in [6.07, 6.45) is 0. The van der Waals surface area contributed by atoms with Gasteiger partial charge in [-0.3, -0.25) is 4.21 Å². The van der Waals surface area contributed by atoms with Gasteiger partial charge in [0.05, 0.1) is 11.4 Å². The molecule has 15 N–H and O–H groups in total. The number of hydrogen-bond donors (Lipinski definition) is 1. The van der Waals surface area contributed by atoms with E-state index >= 15 is 0 Å². The molecule has 18 heavy (non-hydrogen) atoms. The van der Waals surface area contributed by atoms with Gasteiger partial charge in [-0.1, -0.05) is 0 Å². The molecular formula is H15Na3O13S2. The van der Waals surface area contributed by atoms with Crippen LogP contribution in [0.2, 0.25) is 0 Å². The van der Waals surface area contributed by atoms with Crippen molar-refractivity contribution in [3.8, 4) is 0 Å². The van der Waals surface area contributed by atoms with E-state index in [1.54, 1.807) is 0 Å². The summed E-state index contributed by atoms with van der Waals surface area (Å²) in [4.78, 5) is 0. The SMILES string of the molecule is O.O.O.O.O.O.O.O=S([O-])O.O=S([O-])[O-].[Na+].[Na+].[Na+]. The van der Waals surface area contributed by atoms with Crippen molar-refractivity contribution in [3.63, 3.8) is 0 Å². The van der Waals surface area contributed by atoms with Gasteiger partial charge in [-0.2, -0.15) is 0 Å². The molecule has 1 unspecified atom stereocenters. The minimum absolute atomic E-state index is 0. The molecule has 18 heteroatoms. The molecule has 0 bridgehead atoms. The first-order chi connectivity index (χ1) is 3.46. The summed E-state index contributed by atoms with van der Waals surface area (Å²) in [5.74, 6) is 0. The van der Waals surface area contributed by atoms with Gasteiger partial charge in [0.15, 0.2) is 0 Å². The molecule has 0 spiro atoms. The summed E-state index contributed by atoms with van der Waals surface area (Å²) in [5, 5.41) is 0. The van der Waals surface area contributed by atoms with Crippen molar-refractivity contribution < 1.29 is 154 Å². The Hall–Kier alpha value is 2.86. The molecule has 1 atom stereocenters. The van der Waals surface area contributed by atoms with Crippen LogP contribution in [0.15, 0.2) is 0 Å². The molecule has 0 rings (SSSR count). The van der Waals surface area contributed by atoms with Crippen LogP contribution < -0.4 is 88.7 Å². The zero-order valence-electron chi connectivity index (χ0n) is 9.80. The molecular weight excluding hydrogens is 341 g/mol. The quantitative estimate of drug-likeness (QED) is 0.323. The van der Waals surface area contributed by atoms with Crippen molar-refractivity contribution in [2.75, 3.05) is 0 Å². The van der Waals surface area contributed by atoms with E-state index < -0.39 is 22.7 Å². The van der Waals surface area contributed by atoms with Crippen molar-refractivity contribution in [1.82, 2.24) is 0 Å². The standard InChI is InChI=1S/3Na.2H2O3S.7H2O/c;;;2*1-4(2)3;;;;;;;/h;;;2*(H2,1,2,3);7*1H2/q3*+1;;;;;;;;;/p-3. The number of hydrogen-bond acceptors (Lipinski definition) is 5. The Labute approximate surface area is 174 Å². The molecule has 0 aliphatic carbocycles. The Morgan fingerprint density at radius 3 is 0.611 bits per heavy atom. The summed E-state index contributed by atoms with van der Waals surface area (Å²) in [6, 6.07) is 0. The van der Waals surface area contributed by atoms with Crippen molar-refractivity contribution in [3.05, 3.63) is 0 Å². The molecule has 0 aromatic rings. The second kappa shape index (κ2) is 90.0. The zero-order valence-corrected chi connectivity index (χ0v) is 17.4. The predicted octanol–water partition coefficient (Wildman–Crippen LogP) is -16.4. The Morgan fingerprint density at radius 1 is 0.611 bits per heavy atom. The Balaban J connectivity index is -0.00000000257. The van der Waals surface area contributed by atoms with Crippen LogP contribution in [0.25, 0.3) is 0 Å². The summed E-state index contributed by atoms with van der Waals surface area (Å²) >= 11 is -5.97. The predicted molar refractivity (Wildman–Crippen MR) is 46.5 cm³/mol. The maximum absolute atomic E-state index is 8.56. The first-order valence-electron chi connectivity index (χ1n) is 1.02. The summed E-state index contributed by atoms with van der Waals surface area (Å²) in [7, 11) is 0. The van der Waals surface area contributed by atoms with Crippen LogP contribution in [0.5, 0.6) is 0 Å². The molecule has 0 heterocycles. The zero-order chi connectivity index (χ0) is 7.15. The molecule has 0 fully saturated rings. The third-order valence-corrected chi connectivity index (χ3v) is 0. The third-order valence-electron chi connectivity index (χ3n) is 0. The van der Waals surface area contributed by atoms with Gasteiger partial charge in [0.1, 0.15) is 0 Å². The van der Waals surface area contributed by atoms with Gasteiger partial charge in [0.25, 0.3) is 0 Å². The van der Waals surface area contributed by atoms with Gasteiger partial charge in [-0.15, -0.1) is 11.4 Å². The van der Waals surface area contributed by atoms with E-state index in [1.807, 2.05) is 0 Å². The van der Waals surface area contributed by atoms with Crippen molar-refractivity contribution in [2.24, 2.45) is 0 Å². The Bertz CT molecular complexity index is 78.2. The maximum Gasteiger partial charge on any atom is 1.00 e. The summed E-state index contributed by atoms with van der Waals surface area (Å²) < 4.78 is 49.4. The molecule has 13 nitrogen and oxygen atoms in total. The van der Waals surface area contributed by atoms with Crippen LogP contribution in [-0.2, 0) is 22.7 Å². The van der Waals surface area contributed by atoms with Gasteiger partial charge in [-0.25, -0.2) is 4.21 Å². The smallest absolute Gasteiger partial charge is 0.784 e. The van der Waals surface area contributed by atoms with Crippen molar-refractivity contribution in [1.29, 1.82) is 0 Å². The molecule has 0 aliphatic rings. The van der Waals surface area contributed by atoms with E-state index in [4.69, 9.17) is 26.6 Å². The van der Waals surface area contributed by atoms with Crippen LogP contribution in [0.3, 0.4) is 0 Å². The fourth-order valence-electron chi connectivity index (χ4n) is 0. The first-order valence-corrected chi connectivity index (χ1v) is 3.05. The molecule has 0 saturated heterocycles. The molecule has 0 saturated carbocycles. The van der Waals surface area contributed by atoms with Gasteiger partial charge in [0, 0.05) is 0 Å². The first kappa shape index (κ1) is 105. The van der Waals surface area contributed by atoms with Gasteiger partial charge >= 0.3 is 88.7 Å². The van der Waals surface area contributed by atoms with Crippen LogP contribution in [0.4, 0.5) is 0 Å². The van der Waals surface area contributed by atoms with Crippen LogP contribution in [0.1, 0.15) is 0 Å². The maximum atomic E-state index is 8.56. The largest absolute Gasteiger partial charge is 1.00 e. The molecule has 0 radical (unpaired) electrons. The van der Waals surface area contributed by atoms with E-state index in [-0.39, 0.29) is 127 Å². The van der Waals surface area contributed by atoms with Gasteiger partial charge < -0.3 is 56.5 Å². The van der Waals surface area contributed by atoms with Crippen molar-refractivity contribution in [2.45, 2.75) is 0 Å². The van der Waals surface area contributed by atoms with Crippen LogP contribution in [0, 0.1) is 0 Å². The van der Waals surface area contributed by atoms with Gasteiger partial charge in [0.2, 0.25) is 0 Å². The Kier molecular flexibility index (Phi) is 524. The van der Waals surface area contributed by atoms with E-state index in [1.165, 1.54) is 0 Å². The molecule has 0 amide bonds. The Morgan fingerprint density at radius 2 is 0.611 bits per heavy atom. The third kappa shape index (κ3) is 735. The van der Waals surface area contributed by atoms with Crippen molar-refractivity contribution >= 4 is 22.7 Å². The molecule has 0 aromatic heterocycles. The van der Waals surface area contributed by atoms with E-state index in [0.717, 1.165) is 0 Å². The summed E-state index contributed by atoms with van der Waals surface area (Å²) in [6.45, 7) is 0. The van der Waals surface area contributed by atoms with E-state index in [2.05, 4.69) is 0 Å². The second-order valence-corrected chi connectivity index (χ2v) is 1.26. The van der Waals surface area contributed by atoms with Crippen LogP contribution >= 0.6 is 0 Å². The fraction of sp³-hybridized carbons (Fsp3) is 0. The molecule has 0 aromatic carbocycles. The topological polar surface area (TPSA) is 344 Å². The second-order valence-electron chi connectivity index (χ2n) is 0.421. The molecule has 0 aliphatic heterocycles. The monoisotopic (exact) mass is 356 g/mol. The minimum atomic E-state index is -3.11. The summed E-state index contributed by atoms with van der Waals surface area (Å²) in [5.41, 5.74) is 0. The fourth-order valence-corrected chi connectivity index (χ4v) is 0. The van der Waals surface area contributed by atoms with E-state index in [0.29, 0.717) is 0 Å². The molecule has 108 valence electrons.